The second-order valence-corrected chi connectivity index (χ2v) is 6.52. The lowest BCUT2D eigenvalue weighted by molar-refractivity contribution is -0.140. The van der Waals surface area contributed by atoms with Crippen molar-refractivity contribution in [2.75, 3.05) is 27.9 Å². The second kappa shape index (κ2) is 8.66. The van der Waals surface area contributed by atoms with Crippen molar-refractivity contribution >= 4 is 12.0 Å². The van der Waals surface area contributed by atoms with Crippen molar-refractivity contribution in [2.24, 2.45) is 5.92 Å². The van der Waals surface area contributed by atoms with Gasteiger partial charge in [-0.05, 0) is 30.5 Å². The molecule has 0 saturated heterocycles. The van der Waals surface area contributed by atoms with E-state index < -0.39 is 18.0 Å². The summed E-state index contributed by atoms with van der Waals surface area (Å²) in [6, 6.07) is 2.26. The fraction of sp³-hybridized carbons (Fsp3) is 0.474. The molecular weight excluding hydrogens is 352 g/mol. The van der Waals surface area contributed by atoms with Crippen LogP contribution in [0.1, 0.15) is 32.4 Å². The highest BCUT2D eigenvalue weighted by molar-refractivity contribution is 5.95. The molecule has 0 spiro atoms. The van der Waals surface area contributed by atoms with Crippen LogP contribution in [-0.2, 0) is 9.53 Å². The third kappa shape index (κ3) is 4.45. The zero-order valence-electron chi connectivity index (χ0n) is 16.5. The van der Waals surface area contributed by atoms with Crippen LogP contribution in [0.2, 0.25) is 0 Å². The van der Waals surface area contributed by atoms with E-state index in [1.807, 2.05) is 13.8 Å². The van der Waals surface area contributed by atoms with Crippen LogP contribution < -0.4 is 24.8 Å². The maximum absolute atomic E-state index is 12.7. The number of urea groups is 1. The highest BCUT2D eigenvalue weighted by Crippen LogP contribution is 2.41. The number of ether oxygens (including phenoxy) is 4. The number of carbonyl (C=O) groups is 2. The molecule has 2 amide bonds. The monoisotopic (exact) mass is 378 g/mol. The van der Waals surface area contributed by atoms with E-state index in [-0.39, 0.29) is 12.5 Å². The Bertz CT molecular complexity index is 732. The van der Waals surface area contributed by atoms with Crippen molar-refractivity contribution in [1.82, 2.24) is 10.6 Å². The van der Waals surface area contributed by atoms with Gasteiger partial charge in [-0.1, -0.05) is 13.8 Å². The van der Waals surface area contributed by atoms with Crippen LogP contribution in [0.5, 0.6) is 17.2 Å². The molecule has 1 heterocycles. The highest BCUT2D eigenvalue weighted by Gasteiger charge is 2.33. The summed E-state index contributed by atoms with van der Waals surface area (Å²) in [5, 5.41) is 5.38. The summed E-state index contributed by atoms with van der Waals surface area (Å²) in [4.78, 5) is 24.7. The minimum Gasteiger partial charge on any atom is -0.493 e. The van der Waals surface area contributed by atoms with Gasteiger partial charge in [0.2, 0.25) is 5.75 Å². The first kappa shape index (κ1) is 20.4. The molecule has 0 aromatic heterocycles. The molecule has 148 valence electrons. The average molecular weight is 378 g/mol. The van der Waals surface area contributed by atoms with Gasteiger partial charge in [0, 0.05) is 5.70 Å². The Morgan fingerprint density at radius 1 is 1.11 bits per heavy atom. The highest BCUT2D eigenvalue weighted by atomic mass is 16.5. The van der Waals surface area contributed by atoms with Gasteiger partial charge in [0.25, 0.3) is 0 Å². The van der Waals surface area contributed by atoms with Gasteiger partial charge >= 0.3 is 12.0 Å². The molecule has 0 bridgehead atoms. The number of amides is 2. The standard InChI is InChI=1S/C19H26N2O6/c1-10(2)9-27-18(22)15-11(3)20-19(23)21-16(15)12-7-13(24-4)17(26-6)14(8-12)25-5/h7-8,10,16H,9H2,1-6H3,(H2,20,21,23)/t16-/m1/s1. The molecule has 0 unspecified atom stereocenters. The summed E-state index contributed by atoms with van der Waals surface area (Å²) >= 11 is 0. The van der Waals surface area contributed by atoms with Crippen LogP contribution in [0.3, 0.4) is 0 Å². The van der Waals surface area contributed by atoms with Crippen molar-refractivity contribution in [3.63, 3.8) is 0 Å². The Kier molecular flexibility index (Phi) is 6.55. The van der Waals surface area contributed by atoms with Crippen LogP contribution in [0.25, 0.3) is 0 Å². The van der Waals surface area contributed by atoms with Gasteiger partial charge in [0.1, 0.15) is 0 Å². The normalized spacial score (nSPS) is 16.6. The minimum absolute atomic E-state index is 0.195. The molecule has 1 aliphatic rings. The predicted molar refractivity (Wildman–Crippen MR) is 99.0 cm³/mol. The third-order valence-electron chi connectivity index (χ3n) is 4.06. The van der Waals surface area contributed by atoms with E-state index >= 15 is 0 Å². The summed E-state index contributed by atoms with van der Waals surface area (Å²) < 4.78 is 21.5. The molecule has 2 N–H and O–H groups in total. The van der Waals surface area contributed by atoms with E-state index in [9.17, 15) is 9.59 Å². The van der Waals surface area contributed by atoms with Crippen molar-refractivity contribution in [1.29, 1.82) is 0 Å². The lowest BCUT2D eigenvalue weighted by Gasteiger charge is -2.29. The first-order valence-corrected chi connectivity index (χ1v) is 8.57. The Balaban J connectivity index is 2.51. The molecule has 0 saturated carbocycles. The maximum atomic E-state index is 12.7. The quantitative estimate of drug-likeness (QED) is 0.708. The summed E-state index contributed by atoms with van der Waals surface area (Å²) in [5.41, 5.74) is 1.37. The molecule has 8 heteroatoms. The Labute approximate surface area is 158 Å². The summed E-state index contributed by atoms with van der Waals surface area (Å²) in [5.74, 6) is 0.973. The van der Waals surface area contributed by atoms with Crippen LogP contribution in [0, 0.1) is 5.92 Å². The second-order valence-electron chi connectivity index (χ2n) is 6.52. The number of methoxy groups -OCH3 is 3. The summed E-state index contributed by atoms with van der Waals surface area (Å²) in [6.07, 6.45) is 0. The topological polar surface area (TPSA) is 95.1 Å². The lowest BCUT2D eigenvalue weighted by atomic mass is 9.95. The smallest absolute Gasteiger partial charge is 0.338 e. The molecule has 8 nitrogen and oxygen atoms in total. The molecule has 0 radical (unpaired) electrons. The number of benzene rings is 1. The van der Waals surface area contributed by atoms with Gasteiger partial charge in [-0.15, -0.1) is 0 Å². The zero-order chi connectivity index (χ0) is 20.1. The molecule has 1 aromatic carbocycles. The van der Waals surface area contributed by atoms with Gasteiger partial charge in [0.05, 0.1) is 39.6 Å². The van der Waals surface area contributed by atoms with E-state index in [2.05, 4.69) is 10.6 Å². The molecule has 1 aliphatic heterocycles. The van der Waals surface area contributed by atoms with E-state index in [0.717, 1.165) is 0 Å². The molecule has 0 fully saturated rings. The first-order chi connectivity index (χ1) is 12.8. The number of carbonyl (C=O) groups excluding carboxylic acids is 2. The predicted octanol–water partition coefficient (Wildman–Crippen LogP) is 2.54. The van der Waals surface area contributed by atoms with Gasteiger partial charge in [-0.2, -0.15) is 0 Å². The maximum Gasteiger partial charge on any atom is 0.338 e. The summed E-state index contributed by atoms with van der Waals surface area (Å²) in [7, 11) is 4.51. The van der Waals surface area contributed by atoms with Crippen LogP contribution >= 0.6 is 0 Å². The van der Waals surface area contributed by atoms with Gasteiger partial charge in [-0.3, -0.25) is 0 Å². The minimum atomic E-state index is -0.716. The molecule has 1 aromatic rings. The van der Waals surface area contributed by atoms with Crippen LogP contribution in [-0.4, -0.2) is 39.9 Å². The van der Waals surface area contributed by atoms with E-state index in [0.29, 0.717) is 34.1 Å². The Morgan fingerprint density at radius 2 is 1.70 bits per heavy atom. The van der Waals surface area contributed by atoms with Crippen molar-refractivity contribution < 1.29 is 28.5 Å². The first-order valence-electron chi connectivity index (χ1n) is 8.57. The fourth-order valence-electron chi connectivity index (χ4n) is 2.80. The number of nitrogens with one attached hydrogen (secondary N) is 2. The van der Waals surface area contributed by atoms with Crippen LogP contribution in [0.15, 0.2) is 23.4 Å². The number of esters is 1. The number of rotatable bonds is 7. The van der Waals surface area contributed by atoms with Crippen molar-refractivity contribution in [2.45, 2.75) is 26.8 Å². The average Bonchev–Trinajstić information content (AvgIpc) is 2.64. The largest absolute Gasteiger partial charge is 0.493 e. The number of hydrogen-bond acceptors (Lipinski definition) is 6. The van der Waals surface area contributed by atoms with Gasteiger partial charge < -0.3 is 29.6 Å². The van der Waals surface area contributed by atoms with Gasteiger partial charge in [-0.25, -0.2) is 9.59 Å². The Hall–Kier alpha value is -2.90. The fourth-order valence-corrected chi connectivity index (χ4v) is 2.80. The summed E-state index contributed by atoms with van der Waals surface area (Å²) in [6.45, 7) is 5.85. The molecule has 27 heavy (non-hydrogen) atoms. The van der Waals surface area contributed by atoms with Crippen molar-refractivity contribution in [3.05, 3.63) is 29.0 Å². The number of allylic oxidation sites excluding steroid dienone is 1. The van der Waals surface area contributed by atoms with E-state index in [1.165, 1.54) is 21.3 Å². The molecule has 0 aliphatic carbocycles. The van der Waals surface area contributed by atoms with Gasteiger partial charge in [0.15, 0.2) is 11.5 Å². The SMILES string of the molecule is COc1cc([C@H]2NC(=O)NC(C)=C2C(=O)OCC(C)C)cc(OC)c1OC. The molecule has 2 rings (SSSR count). The van der Waals surface area contributed by atoms with E-state index in [4.69, 9.17) is 18.9 Å². The Morgan fingerprint density at radius 3 is 2.19 bits per heavy atom. The molecule has 1 atom stereocenters. The van der Waals surface area contributed by atoms with E-state index in [1.54, 1.807) is 19.1 Å². The zero-order valence-corrected chi connectivity index (χ0v) is 16.5. The third-order valence-corrected chi connectivity index (χ3v) is 4.06. The van der Waals surface area contributed by atoms with Crippen LogP contribution in [0.4, 0.5) is 4.79 Å². The molecular formula is C19H26N2O6. The lowest BCUT2D eigenvalue weighted by Crippen LogP contribution is -2.45. The number of hydrogen-bond donors (Lipinski definition) is 2. The van der Waals surface area contributed by atoms with Crippen molar-refractivity contribution in [3.8, 4) is 17.2 Å².